The van der Waals surface area contributed by atoms with E-state index in [1.54, 1.807) is 11.4 Å². The van der Waals surface area contributed by atoms with Gasteiger partial charge >= 0.3 is 0 Å². The Morgan fingerprint density at radius 1 is 1.50 bits per heavy atom. The Hall–Kier alpha value is -1.44. The molecule has 0 spiro atoms. The van der Waals surface area contributed by atoms with Crippen molar-refractivity contribution in [3.8, 4) is 16.5 Å². The molecule has 3 rings (SSSR count). The van der Waals surface area contributed by atoms with E-state index in [1.807, 2.05) is 0 Å². The first-order chi connectivity index (χ1) is 9.65. The zero-order chi connectivity index (χ0) is 14.1. The van der Waals surface area contributed by atoms with Gasteiger partial charge in [-0.05, 0) is 25.3 Å². The molecular formula is C13H17N3O3S. The van der Waals surface area contributed by atoms with Crippen molar-refractivity contribution in [3.63, 3.8) is 0 Å². The van der Waals surface area contributed by atoms with Crippen molar-refractivity contribution in [1.82, 2.24) is 15.0 Å². The fraction of sp³-hybridized carbons (Fsp3) is 0.538. The molecule has 3 heterocycles. The summed E-state index contributed by atoms with van der Waals surface area (Å²) in [6, 6.07) is 2.08. The van der Waals surface area contributed by atoms with E-state index in [1.165, 1.54) is 11.3 Å². The number of rotatable bonds is 3. The average molecular weight is 295 g/mol. The maximum atomic E-state index is 9.68. The SMILES string of the molecule is CC(C)N1CCOC(c2noc(-c3sccc3O)n2)C1. The number of morpholine rings is 1. The molecular weight excluding hydrogens is 278 g/mol. The Bertz CT molecular complexity index is 581. The lowest BCUT2D eigenvalue weighted by Crippen LogP contribution is -2.42. The van der Waals surface area contributed by atoms with Gasteiger partial charge in [0.2, 0.25) is 5.82 Å². The van der Waals surface area contributed by atoms with E-state index in [-0.39, 0.29) is 11.9 Å². The Morgan fingerprint density at radius 2 is 2.35 bits per heavy atom. The highest BCUT2D eigenvalue weighted by Gasteiger charge is 2.28. The van der Waals surface area contributed by atoms with E-state index in [0.29, 0.717) is 29.2 Å². The van der Waals surface area contributed by atoms with E-state index >= 15 is 0 Å². The van der Waals surface area contributed by atoms with Crippen molar-refractivity contribution in [2.45, 2.75) is 26.0 Å². The van der Waals surface area contributed by atoms with Gasteiger partial charge in [-0.2, -0.15) is 4.98 Å². The predicted octanol–water partition coefficient (Wildman–Crippen LogP) is 2.29. The molecule has 0 saturated carbocycles. The minimum atomic E-state index is -0.175. The van der Waals surface area contributed by atoms with Crippen LogP contribution in [-0.4, -0.2) is 45.9 Å². The van der Waals surface area contributed by atoms with E-state index < -0.39 is 0 Å². The molecule has 0 bridgehead atoms. The Balaban J connectivity index is 1.78. The third-order valence-corrected chi connectivity index (χ3v) is 4.29. The second-order valence-corrected chi connectivity index (χ2v) is 5.96. The van der Waals surface area contributed by atoms with Crippen LogP contribution in [0.4, 0.5) is 0 Å². The van der Waals surface area contributed by atoms with Gasteiger partial charge in [-0.25, -0.2) is 0 Å². The highest BCUT2D eigenvalue weighted by Crippen LogP contribution is 2.34. The minimum absolute atomic E-state index is 0.165. The van der Waals surface area contributed by atoms with Crippen LogP contribution in [-0.2, 0) is 4.74 Å². The van der Waals surface area contributed by atoms with Crippen LogP contribution in [0.2, 0.25) is 0 Å². The first-order valence-electron chi connectivity index (χ1n) is 6.61. The highest BCUT2D eigenvalue weighted by molar-refractivity contribution is 7.13. The molecule has 6 nitrogen and oxygen atoms in total. The Labute approximate surface area is 121 Å². The molecule has 2 aromatic rings. The highest BCUT2D eigenvalue weighted by atomic mass is 32.1. The molecule has 1 saturated heterocycles. The van der Waals surface area contributed by atoms with Crippen LogP contribution in [0, 0.1) is 0 Å². The van der Waals surface area contributed by atoms with Gasteiger partial charge < -0.3 is 14.4 Å². The van der Waals surface area contributed by atoms with Crippen molar-refractivity contribution in [2.24, 2.45) is 0 Å². The Kier molecular flexibility index (Phi) is 3.73. The number of nitrogens with zero attached hydrogens (tertiary/aromatic N) is 3. The summed E-state index contributed by atoms with van der Waals surface area (Å²) in [6.45, 7) is 6.66. The molecule has 1 aliphatic rings. The van der Waals surface area contributed by atoms with Crippen molar-refractivity contribution < 1.29 is 14.4 Å². The summed E-state index contributed by atoms with van der Waals surface area (Å²) in [5.74, 6) is 1.05. The normalized spacial score (nSPS) is 20.6. The second kappa shape index (κ2) is 5.51. The summed E-state index contributed by atoms with van der Waals surface area (Å²) < 4.78 is 10.9. The molecule has 0 radical (unpaired) electrons. The number of ether oxygens (including phenoxy) is 1. The quantitative estimate of drug-likeness (QED) is 0.936. The summed E-state index contributed by atoms with van der Waals surface area (Å²) in [7, 11) is 0. The van der Waals surface area contributed by atoms with E-state index in [0.717, 1.165) is 13.1 Å². The second-order valence-electron chi connectivity index (χ2n) is 5.04. The summed E-state index contributed by atoms with van der Waals surface area (Å²) in [6.07, 6.45) is -0.175. The van der Waals surface area contributed by atoms with Gasteiger partial charge in [0.05, 0.1) is 6.61 Å². The van der Waals surface area contributed by atoms with Crippen LogP contribution >= 0.6 is 11.3 Å². The molecule has 0 aliphatic carbocycles. The maximum absolute atomic E-state index is 9.68. The van der Waals surface area contributed by atoms with E-state index in [4.69, 9.17) is 9.26 Å². The van der Waals surface area contributed by atoms with E-state index in [2.05, 4.69) is 28.9 Å². The molecule has 2 aromatic heterocycles. The average Bonchev–Trinajstić information content (AvgIpc) is 3.07. The molecule has 7 heteroatoms. The topological polar surface area (TPSA) is 71.6 Å². The predicted molar refractivity (Wildman–Crippen MR) is 74.7 cm³/mol. The molecule has 0 amide bonds. The fourth-order valence-corrected chi connectivity index (χ4v) is 2.92. The lowest BCUT2D eigenvalue weighted by atomic mass is 10.2. The maximum Gasteiger partial charge on any atom is 0.271 e. The van der Waals surface area contributed by atoms with Gasteiger partial charge in [-0.3, -0.25) is 4.90 Å². The molecule has 1 aliphatic heterocycles. The monoisotopic (exact) mass is 295 g/mol. The fourth-order valence-electron chi connectivity index (χ4n) is 2.21. The molecule has 1 N–H and O–H groups in total. The number of aromatic hydroxyl groups is 1. The zero-order valence-corrected chi connectivity index (χ0v) is 12.3. The summed E-state index contributed by atoms with van der Waals surface area (Å²) in [5.41, 5.74) is 0. The largest absolute Gasteiger partial charge is 0.506 e. The van der Waals surface area contributed by atoms with Crippen LogP contribution < -0.4 is 0 Å². The smallest absolute Gasteiger partial charge is 0.271 e. The van der Waals surface area contributed by atoms with Crippen LogP contribution in [0.25, 0.3) is 10.8 Å². The van der Waals surface area contributed by atoms with Gasteiger partial charge in [0.25, 0.3) is 5.89 Å². The standard InChI is InChI=1S/C13H17N3O3S/c1-8(2)16-4-5-18-10(7-16)12-14-13(19-15-12)11-9(17)3-6-20-11/h3,6,8,10,17H,4-5,7H2,1-2H3. The number of thiophene rings is 1. The first-order valence-corrected chi connectivity index (χ1v) is 7.49. The van der Waals surface area contributed by atoms with Gasteiger partial charge in [0.15, 0.2) is 0 Å². The molecule has 1 unspecified atom stereocenters. The molecule has 1 fully saturated rings. The van der Waals surface area contributed by atoms with Gasteiger partial charge in [0.1, 0.15) is 16.7 Å². The minimum Gasteiger partial charge on any atom is -0.506 e. The van der Waals surface area contributed by atoms with Crippen LogP contribution in [0.5, 0.6) is 5.75 Å². The van der Waals surface area contributed by atoms with Crippen molar-refractivity contribution >= 4 is 11.3 Å². The zero-order valence-electron chi connectivity index (χ0n) is 11.4. The third-order valence-electron chi connectivity index (χ3n) is 3.40. The van der Waals surface area contributed by atoms with Gasteiger partial charge in [0, 0.05) is 19.1 Å². The number of aromatic nitrogens is 2. The summed E-state index contributed by atoms with van der Waals surface area (Å²) >= 11 is 1.37. The first kappa shape index (κ1) is 13.5. The molecule has 20 heavy (non-hydrogen) atoms. The summed E-state index contributed by atoms with van der Waals surface area (Å²) in [5, 5.41) is 15.5. The van der Waals surface area contributed by atoms with Crippen LogP contribution in [0.1, 0.15) is 25.8 Å². The van der Waals surface area contributed by atoms with Crippen molar-refractivity contribution in [3.05, 3.63) is 17.3 Å². The lowest BCUT2D eigenvalue weighted by Gasteiger charge is -2.34. The summed E-state index contributed by atoms with van der Waals surface area (Å²) in [4.78, 5) is 7.28. The number of hydrogen-bond acceptors (Lipinski definition) is 7. The number of hydrogen-bond donors (Lipinski definition) is 1. The van der Waals surface area contributed by atoms with Crippen LogP contribution in [0.15, 0.2) is 16.0 Å². The van der Waals surface area contributed by atoms with Gasteiger partial charge in [-0.15, -0.1) is 11.3 Å². The lowest BCUT2D eigenvalue weighted by molar-refractivity contribution is -0.0450. The molecule has 0 aromatic carbocycles. The van der Waals surface area contributed by atoms with Gasteiger partial charge in [-0.1, -0.05) is 5.16 Å². The van der Waals surface area contributed by atoms with E-state index in [9.17, 15) is 5.11 Å². The molecule has 1 atom stereocenters. The third kappa shape index (κ3) is 2.56. The van der Waals surface area contributed by atoms with Crippen LogP contribution in [0.3, 0.4) is 0 Å². The van der Waals surface area contributed by atoms with Crippen molar-refractivity contribution in [2.75, 3.05) is 19.7 Å². The van der Waals surface area contributed by atoms with Crippen molar-refractivity contribution in [1.29, 1.82) is 0 Å². The molecule has 108 valence electrons. The Morgan fingerprint density at radius 3 is 3.05 bits per heavy atom.